The van der Waals surface area contributed by atoms with Gasteiger partial charge in [-0.15, -0.1) is 0 Å². The van der Waals surface area contributed by atoms with Crippen LogP contribution in [0.2, 0.25) is 0 Å². The van der Waals surface area contributed by atoms with E-state index in [-0.39, 0.29) is 12.5 Å². The van der Waals surface area contributed by atoms with Gasteiger partial charge >= 0.3 is 0 Å². The van der Waals surface area contributed by atoms with Crippen LogP contribution in [0.1, 0.15) is 41.7 Å². The van der Waals surface area contributed by atoms with E-state index in [9.17, 15) is 9.90 Å². The van der Waals surface area contributed by atoms with Crippen LogP contribution in [0.4, 0.5) is 0 Å². The fourth-order valence-electron chi connectivity index (χ4n) is 3.78. The van der Waals surface area contributed by atoms with Crippen molar-refractivity contribution in [2.75, 3.05) is 13.7 Å². The number of hydrogen-bond acceptors (Lipinski definition) is 6. The Hall–Kier alpha value is -2.48. The number of methoxy groups -OCH3 is 1. The summed E-state index contributed by atoms with van der Waals surface area (Å²) in [6.07, 6.45) is 5.90. The third kappa shape index (κ3) is 2.66. The molecular formula is C17H21N5O3. The molecule has 1 N–H and O–H groups in total. The smallest absolute Gasteiger partial charge is 0.256 e. The molecule has 0 aromatic carbocycles. The number of carbonyl (C=O) groups excluding carboxylic acids is 1. The molecule has 0 bridgehead atoms. The van der Waals surface area contributed by atoms with Gasteiger partial charge < -0.3 is 14.7 Å². The Kier molecular flexibility index (Phi) is 4.12. The highest BCUT2D eigenvalue weighted by Crippen LogP contribution is 2.35. The molecule has 1 aliphatic heterocycles. The maximum Gasteiger partial charge on any atom is 0.256 e. The molecule has 1 saturated carbocycles. The molecule has 4 rings (SSSR count). The Labute approximate surface area is 145 Å². The van der Waals surface area contributed by atoms with Crippen molar-refractivity contribution in [2.45, 2.75) is 44.8 Å². The number of aliphatic hydroxyl groups is 1. The van der Waals surface area contributed by atoms with Crippen molar-refractivity contribution < 1.29 is 14.6 Å². The first kappa shape index (κ1) is 16.0. The predicted molar refractivity (Wildman–Crippen MR) is 89.0 cm³/mol. The predicted octanol–water partition coefficient (Wildman–Crippen LogP) is 1.24. The molecule has 1 fully saturated rings. The van der Waals surface area contributed by atoms with Gasteiger partial charge in [0, 0.05) is 6.04 Å². The van der Waals surface area contributed by atoms with E-state index in [1.807, 2.05) is 4.90 Å². The quantitative estimate of drug-likeness (QED) is 0.878. The van der Waals surface area contributed by atoms with Crippen LogP contribution in [-0.2, 0) is 13.1 Å². The van der Waals surface area contributed by atoms with Crippen LogP contribution in [0, 0.1) is 0 Å². The molecule has 0 atom stereocenters. The fourth-order valence-corrected chi connectivity index (χ4v) is 3.78. The Balaban J connectivity index is 1.74. The summed E-state index contributed by atoms with van der Waals surface area (Å²) in [6.45, 7) is 0.807. The first-order valence-corrected chi connectivity index (χ1v) is 8.61. The molecule has 0 radical (unpaired) electrons. The van der Waals surface area contributed by atoms with Gasteiger partial charge in [0.05, 0.1) is 43.6 Å². The fraction of sp³-hybridized carbons (Fsp3) is 0.529. The van der Waals surface area contributed by atoms with E-state index in [2.05, 4.69) is 15.1 Å². The number of carbonyl (C=O) groups is 1. The lowest BCUT2D eigenvalue weighted by Gasteiger charge is -2.22. The van der Waals surface area contributed by atoms with Gasteiger partial charge in [0.1, 0.15) is 6.33 Å². The third-order valence-electron chi connectivity index (χ3n) is 5.00. The first-order valence-electron chi connectivity index (χ1n) is 8.61. The topological polar surface area (TPSA) is 93.4 Å². The van der Waals surface area contributed by atoms with Crippen LogP contribution in [-0.4, -0.2) is 55.4 Å². The lowest BCUT2D eigenvalue weighted by Crippen LogP contribution is -2.33. The van der Waals surface area contributed by atoms with E-state index in [0.29, 0.717) is 42.0 Å². The van der Waals surface area contributed by atoms with E-state index < -0.39 is 0 Å². The standard InChI is InChI=1S/C17H21N5O3/c1-25-16-13(15-18-10-19-22(15)6-7-23)8-12-14(20-16)9-21(17(12)24)11-4-2-3-5-11/h8,10-11,23H,2-7,9H2,1H3. The summed E-state index contributed by atoms with van der Waals surface area (Å²) in [4.78, 5) is 23.6. The summed E-state index contributed by atoms with van der Waals surface area (Å²) in [5.74, 6) is 0.992. The molecule has 2 aliphatic rings. The van der Waals surface area contributed by atoms with Gasteiger partial charge in [-0.25, -0.2) is 14.6 Å². The summed E-state index contributed by atoms with van der Waals surface area (Å²) in [7, 11) is 1.55. The average molecular weight is 343 g/mol. The maximum absolute atomic E-state index is 12.9. The Morgan fingerprint density at radius 3 is 2.84 bits per heavy atom. The minimum atomic E-state index is -0.0502. The molecule has 0 unspecified atom stereocenters. The molecule has 2 aromatic rings. The molecule has 0 saturated heterocycles. The highest BCUT2D eigenvalue weighted by Gasteiger charge is 2.36. The Morgan fingerprint density at radius 2 is 2.12 bits per heavy atom. The van der Waals surface area contributed by atoms with Gasteiger partial charge in [-0.2, -0.15) is 5.10 Å². The van der Waals surface area contributed by atoms with Crippen molar-refractivity contribution in [1.29, 1.82) is 0 Å². The zero-order chi connectivity index (χ0) is 17.4. The van der Waals surface area contributed by atoms with E-state index in [1.54, 1.807) is 17.9 Å². The summed E-state index contributed by atoms with van der Waals surface area (Å²) >= 11 is 0. The van der Waals surface area contributed by atoms with Crippen molar-refractivity contribution in [3.8, 4) is 17.3 Å². The summed E-state index contributed by atoms with van der Waals surface area (Å²) < 4.78 is 7.02. The number of pyridine rings is 1. The molecule has 8 heteroatoms. The second kappa shape index (κ2) is 6.44. The van der Waals surface area contributed by atoms with Gasteiger partial charge in [-0.05, 0) is 18.9 Å². The summed E-state index contributed by atoms with van der Waals surface area (Å²) in [5.41, 5.74) is 1.99. The number of fused-ring (bicyclic) bond motifs is 1. The Morgan fingerprint density at radius 1 is 1.32 bits per heavy atom. The van der Waals surface area contributed by atoms with Gasteiger partial charge in [0.2, 0.25) is 5.88 Å². The molecule has 2 aromatic heterocycles. The minimum Gasteiger partial charge on any atom is -0.480 e. The number of hydrogen-bond donors (Lipinski definition) is 1. The SMILES string of the molecule is COc1nc2c(cc1-c1ncnn1CCO)C(=O)N(C1CCCC1)C2. The van der Waals surface area contributed by atoms with Gasteiger partial charge in [-0.1, -0.05) is 12.8 Å². The zero-order valence-electron chi connectivity index (χ0n) is 14.2. The van der Waals surface area contributed by atoms with E-state index in [0.717, 1.165) is 18.5 Å². The third-order valence-corrected chi connectivity index (χ3v) is 5.00. The van der Waals surface area contributed by atoms with Crippen LogP contribution in [0.3, 0.4) is 0 Å². The molecular weight excluding hydrogens is 322 g/mol. The molecule has 25 heavy (non-hydrogen) atoms. The normalized spacial score (nSPS) is 17.4. The lowest BCUT2D eigenvalue weighted by molar-refractivity contribution is 0.0706. The molecule has 1 aliphatic carbocycles. The number of ether oxygens (including phenoxy) is 1. The second-order valence-electron chi connectivity index (χ2n) is 6.44. The number of amides is 1. The molecule has 8 nitrogen and oxygen atoms in total. The minimum absolute atomic E-state index is 0.0338. The number of aromatic nitrogens is 4. The molecule has 3 heterocycles. The second-order valence-corrected chi connectivity index (χ2v) is 6.44. The highest BCUT2D eigenvalue weighted by molar-refractivity contribution is 5.99. The van der Waals surface area contributed by atoms with Crippen LogP contribution in [0.25, 0.3) is 11.4 Å². The summed E-state index contributed by atoms with van der Waals surface area (Å²) in [6, 6.07) is 2.12. The van der Waals surface area contributed by atoms with Crippen LogP contribution in [0.15, 0.2) is 12.4 Å². The average Bonchev–Trinajstić information content (AvgIpc) is 3.35. The largest absolute Gasteiger partial charge is 0.480 e. The van der Waals surface area contributed by atoms with Gasteiger partial charge in [0.25, 0.3) is 5.91 Å². The summed E-state index contributed by atoms with van der Waals surface area (Å²) in [5, 5.41) is 13.3. The number of aliphatic hydroxyl groups excluding tert-OH is 1. The Bertz CT molecular complexity index is 798. The van der Waals surface area contributed by atoms with Crippen molar-refractivity contribution >= 4 is 5.91 Å². The zero-order valence-corrected chi connectivity index (χ0v) is 14.2. The van der Waals surface area contributed by atoms with Crippen LogP contribution >= 0.6 is 0 Å². The molecule has 132 valence electrons. The van der Waals surface area contributed by atoms with Crippen molar-refractivity contribution in [3.05, 3.63) is 23.7 Å². The van der Waals surface area contributed by atoms with Crippen molar-refractivity contribution in [1.82, 2.24) is 24.6 Å². The maximum atomic E-state index is 12.9. The van der Waals surface area contributed by atoms with Gasteiger partial charge in [0.15, 0.2) is 5.82 Å². The van der Waals surface area contributed by atoms with Crippen molar-refractivity contribution in [3.63, 3.8) is 0 Å². The lowest BCUT2D eigenvalue weighted by atomic mass is 10.1. The monoisotopic (exact) mass is 343 g/mol. The van der Waals surface area contributed by atoms with E-state index >= 15 is 0 Å². The van der Waals surface area contributed by atoms with E-state index in [1.165, 1.54) is 19.2 Å². The first-order chi connectivity index (χ1) is 12.2. The number of nitrogens with zero attached hydrogens (tertiary/aromatic N) is 5. The van der Waals surface area contributed by atoms with E-state index in [4.69, 9.17) is 4.74 Å². The van der Waals surface area contributed by atoms with Crippen LogP contribution in [0.5, 0.6) is 5.88 Å². The van der Waals surface area contributed by atoms with Gasteiger partial charge in [-0.3, -0.25) is 4.79 Å². The highest BCUT2D eigenvalue weighted by atomic mass is 16.5. The molecule has 0 spiro atoms. The van der Waals surface area contributed by atoms with Crippen molar-refractivity contribution in [2.24, 2.45) is 0 Å². The van der Waals surface area contributed by atoms with Crippen LogP contribution < -0.4 is 4.74 Å². The molecule has 1 amide bonds. The number of rotatable bonds is 5.